The summed E-state index contributed by atoms with van der Waals surface area (Å²) in [5.74, 6) is -1.18. The van der Waals surface area contributed by atoms with Crippen LogP contribution in [0, 0.1) is 6.92 Å². The summed E-state index contributed by atoms with van der Waals surface area (Å²) in [5.41, 5.74) is 0.855. The molecule has 0 aromatic heterocycles. The van der Waals surface area contributed by atoms with E-state index in [1.807, 2.05) is 0 Å². The normalized spacial score (nSPS) is 16.8. The third-order valence-corrected chi connectivity index (χ3v) is 5.99. The number of sulfonamides is 1. The second kappa shape index (κ2) is 8.09. The van der Waals surface area contributed by atoms with Crippen molar-refractivity contribution in [2.24, 2.45) is 0 Å². The van der Waals surface area contributed by atoms with E-state index in [2.05, 4.69) is 4.72 Å². The molecule has 3 rings (SSSR count). The predicted molar refractivity (Wildman–Crippen MR) is 100 cm³/mol. The van der Waals surface area contributed by atoms with E-state index in [0.717, 1.165) is 5.06 Å². The lowest BCUT2D eigenvalue weighted by atomic mass is 10.1. The number of benzene rings is 2. The smallest absolute Gasteiger partial charge is 0.338 e. The molecule has 9 heteroatoms. The van der Waals surface area contributed by atoms with Gasteiger partial charge in [-0.05, 0) is 30.7 Å². The van der Waals surface area contributed by atoms with Crippen LogP contribution in [0.2, 0.25) is 0 Å². The highest BCUT2D eigenvalue weighted by atomic mass is 32.2. The number of esters is 1. The van der Waals surface area contributed by atoms with Crippen LogP contribution in [0.15, 0.2) is 53.4 Å². The lowest BCUT2D eigenvalue weighted by Crippen LogP contribution is -2.39. The van der Waals surface area contributed by atoms with Crippen LogP contribution in [0.1, 0.15) is 26.3 Å². The summed E-state index contributed by atoms with van der Waals surface area (Å²) >= 11 is 0. The van der Waals surface area contributed by atoms with Crippen molar-refractivity contribution in [2.75, 3.05) is 20.3 Å². The Labute approximate surface area is 163 Å². The van der Waals surface area contributed by atoms with E-state index >= 15 is 0 Å². The maximum absolute atomic E-state index is 12.7. The fourth-order valence-corrected chi connectivity index (χ4v) is 4.39. The second-order valence-corrected chi connectivity index (χ2v) is 7.97. The minimum atomic E-state index is -3.76. The van der Waals surface area contributed by atoms with Gasteiger partial charge in [0.1, 0.15) is 0 Å². The van der Waals surface area contributed by atoms with Gasteiger partial charge >= 0.3 is 5.97 Å². The van der Waals surface area contributed by atoms with Crippen LogP contribution in [0.4, 0.5) is 0 Å². The summed E-state index contributed by atoms with van der Waals surface area (Å²) < 4.78 is 32.5. The maximum Gasteiger partial charge on any atom is 0.338 e. The number of nitrogens with one attached hydrogen (secondary N) is 1. The number of carbonyl (C=O) groups is 2. The van der Waals surface area contributed by atoms with Crippen LogP contribution in [0.25, 0.3) is 0 Å². The highest BCUT2D eigenvalue weighted by molar-refractivity contribution is 7.89. The van der Waals surface area contributed by atoms with Crippen molar-refractivity contribution in [1.82, 2.24) is 9.79 Å². The van der Waals surface area contributed by atoms with Gasteiger partial charge in [0.2, 0.25) is 10.0 Å². The van der Waals surface area contributed by atoms with Crippen LogP contribution in [0.3, 0.4) is 0 Å². The first kappa shape index (κ1) is 20.0. The van der Waals surface area contributed by atoms with Gasteiger partial charge < -0.3 is 4.74 Å². The van der Waals surface area contributed by atoms with E-state index in [0.29, 0.717) is 5.56 Å². The highest BCUT2D eigenvalue weighted by Crippen LogP contribution is 2.19. The largest absolute Gasteiger partial charge is 0.465 e. The van der Waals surface area contributed by atoms with Crippen LogP contribution in [-0.2, 0) is 19.6 Å². The first-order valence-electron chi connectivity index (χ1n) is 8.53. The first-order valence-corrected chi connectivity index (χ1v) is 10.0. The van der Waals surface area contributed by atoms with Crippen LogP contribution < -0.4 is 4.72 Å². The Balaban J connectivity index is 1.73. The van der Waals surface area contributed by atoms with Crippen LogP contribution >= 0.6 is 0 Å². The first-order chi connectivity index (χ1) is 13.3. The van der Waals surface area contributed by atoms with Crippen molar-refractivity contribution in [2.45, 2.75) is 17.9 Å². The molecule has 8 nitrogen and oxygen atoms in total. The van der Waals surface area contributed by atoms with E-state index < -0.39 is 27.9 Å². The Morgan fingerprint density at radius 3 is 2.43 bits per heavy atom. The molecule has 0 aliphatic carbocycles. The quantitative estimate of drug-likeness (QED) is 0.758. The van der Waals surface area contributed by atoms with Crippen molar-refractivity contribution in [3.05, 3.63) is 65.2 Å². The van der Waals surface area contributed by atoms with E-state index in [9.17, 15) is 18.0 Å². The SMILES string of the molecule is COC(=O)c1ccccc1C(=O)N1CC(NS(=O)(=O)c2ccccc2C)CO1. The molecule has 0 spiro atoms. The summed E-state index contributed by atoms with van der Waals surface area (Å²) in [6.45, 7) is 1.72. The van der Waals surface area contributed by atoms with Gasteiger partial charge in [0.25, 0.3) is 5.91 Å². The highest BCUT2D eigenvalue weighted by Gasteiger charge is 2.33. The number of aryl methyl sites for hydroxylation is 1. The van der Waals surface area contributed by atoms with Gasteiger partial charge in [-0.15, -0.1) is 0 Å². The molecule has 0 bridgehead atoms. The van der Waals surface area contributed by atoms with Crippen molar-refractivity contribution in [3.63, 3.8) is 0 Å². The minimum Gasteiger partial charge on any atom is -0.465 e. The summed E-state index contributed by atoms with van der Waals surface area (Å²) in [6, 6.07) is 12.2. The molecule has 0 saturated carbocycles. The third-order valence-electron chi connectivity index (χ3n) is 4.31. The third kappa shape index (κ3) is 4.06. The molecule has 0 radical (unpaired) electrons. The maximum atomic E-state index is 12.7. The Kier molecular flexibility index (Phi) is 5.78. The molecule has 1 amide bonds. The Morgan fingerprint density at radius 1 is 1.11 bits per heavy atom. The molecule has 1 heterocycles. The molecule has 1 unspecified atom stereocenters. The fourth-order valence-electron chi connectivity index (χ4n) is 2.93. The zero-order chi connectivity index (χ0) is 20.3. The van der Waals surface area contributed by atoms with Crippen molar-refractivity contribution < 1.29 is 27.6 Å². The molecule has 148 valence electrons. The number of hydrogen-bond donors (Lipinski definition) is 1. The van der Waals surface area contributed by atoms with Gasteiger partial charge in [-0.1, -0.05) is 30.3 Å². The Bertz CT molecular complexity index is 1000. The van der Waals surface area contributed by atoms with Crippen molar-refractivity contribution in [3.8, 4) is 0 Å². The number of nitrogens with zero attached hydrogens (tertiary/aromatic N) is 1. The molecule has 1 aliphatic heterocycles. The topological polar surface area (TPSA) is 102 Å². The van der Waals surface area contributed by atoms with Gasteiger partial charge in [0.15, 0.2) is 0 Å². The monoisotopic (exact) mass is 404 g/mol. The summed E-state index contributed by atoms with van der Waals surface area (Å²) in [7, 11) is -2.53. The predicted octanol–water partition coefficient (Wildman–Crippen LogP) is 1.52. The number of rotatable bonds is 5. The molecule has 1 atom stereocenters. The number of methoxy groups -OCH3 is 1. The van der Waals surface area contributed by atoms with E-state index in [4.69, 9.17) is 9.57 Å². The lowest BCUT2D eigenvalue weighted by molar-refractivity contribution is -0.0770. The molecule has 1 saturated heterocycles. The average molecular weight is 404 g/mol. The lowest BCUT2D eigenvalue weighted by Gasteiger charge is -2.16. The number of hydroxylamine groups is 2. The fraction of sp³-hybridized carbons (Fsp3) is 0.263. The molecule has 1 aliphatic rings. The molecule has 2 aromatic rings. The standard InChI is InChI=1S/C19H20N2O6S/c1-13-7-3-6-10-17(13)28(24,25)20-14-11-21(27-12-14)18(22)15-8-4-5-9-16(15)19(23)26-2/h3-10,14,20H,11-12H2,1-2H3. The Hall–Kier alpha value is -2.75. The van der Waals surface area contributed by atoms with Gasteiger partial charge in [0.05, 0.1) is 42.3 Å². The zero-order valence-electron chi connectivity index (χ0n) is 15.4. The van der Waals surface area contributed by atoms with Gasteiger partial charge in [-0.25, -0.2) is 23.0 Å². The van der Waals surface area contributed by atoms with Crippen LogP contribution in [-0.4, -0.2) is 51.7 Å². The molecule has 1 N–H and O–H groups in total. The van der Waals surface area contributed by atoms with E-state index in [1.165, 1.54) is 25.3 Å². The number of carbonyl (C=O) groups excluding carboxylic acids is 2. The van der Waals surface area contributed by atoms with Gasteiger partial charge in [-0.2, -0.15) is 0 Å². The second-order valence-electron chi connectivity index (χ2n) is 6.28. The van der Waals surface area contributed by atoms with E-state index in [-0.39, 0.29) is 29.2 Å². The molecular formula is C19H20N2O6S. The van der Waals surface area contributed by atoms with Gasteiger partial charge in [0, 0.05) is 0 Å². The number of hydrogen-bond acceptors (Lipinski definition) is 6. The molecule has 1 fully saturated rings. The van der Waals surface area contributed by atoms with E-state index in [1.54, 1.807) is 37.3 Å². The average Bonchev–Trinajstić information content (AvgIpc) is 3.14. The summed E-state index contributed by atoms with van der Waals surface area (Å²) in [5, 5.41) is 1.05. The molecular weight excluding hydrogens is 384 g/mol. The summed E-state index contributed by atoms with van der Waals surface area (Å²) in [4.78, 5) is 30.2. The molecule has 28 heavy (non-hydrogen) atoms. The number of ether oxygens (including phenoxy) is 1. The Morgan fingerprint density at radius 2 is 1.75 bits per heavy atom. The number of amides is 1. The van der Waals surface area contributed by atoms with Crippen molar-refractivity contribution >= 4 is 21.9 Å². The van der Waals surface area contributed by atoms with Gasteiger partial charge in [-0.3, -0.25) is 9.63 Å². The minimum absolute atomic E-state index is 0.00274. The van der Waals surface area contributed by atoms with Crippen LogP contribution in [0.5, 0.6) is 0 Å². The molecule has 2 aromatic carbocycles. The zero-order valence-corrected chi connectivity index (χ0v) is 16.2. The summed E-state index contributed by atoms with van der Waals surface area (Å²) in [6.07, 6.45) is 0. The van der Waals surface area contributed by atoms with Crippen molar-refractivity contribution in [1.29, 1.82) is 0 Å².